The summed E-state index contributed by atoms with van der Waals surface area (Å²) in [5.74, 6) is 0.929. The Bertz CT molecular complexity index is 670. The van der Waals surface area contributed by atoms with Gasteiger partial charge >= 0.3 is 0 Å². The summed E-state index contributed by atoms with van der Waals surface area (Å²) >= 11 is 0. The van der Waals surface area contributed by atoms with E-state index in [2.05, 4.69) is 59.2 Å². The highest BCUT2D eigenvalue weighted by molar-refractivity contribution is 5.57. The molecule has 0 saturated carbocycles. The first kappa shape index (κ1) is 16.6. The van der Waals surface area contributed by atoms with Crippen molar-refractivity contribution in [2.45, 2.75) is 6.92 Å². The van der Waals surface area contributed by atoms with Crippen LogP contribution in [-0.4, -0.2) is 44.7 Å². The quantitative estimate of drug-likeness (QED) is 0.832. The zero-order valence-electron chi connectivity index (χ0n) is 14.6. The van der Waals surface area contributed by atoms with E-state index < -0.39 is 0 Å². The Kier molecular flexibility index (Phi) is 5.55. The van der Waals surface area contributed by atoms with Crippen LogP contribution in [0.4, 0.5) is 5.69 Å². The van der Waals surface area contributed by atoms with E-state index in [1.807, 2.05) is 18.2 Å². The second-order valence-corrected chi connectivity index (χ2v) is 6.27. The number of hydrogen-bond acceptors (Lipinski definition) is 3. The second kappa shape index (κ2) is 8.02. The standard InChI is InChI=1S/C21H26N2O/c1-18-9-11-20(12-10-18)23-16-14-22(15-17-23)13-5-7-19-6-3-4-8-21(19)24-2/h3-12H,13-17H2,1-2H3/b7-5+. The van der Waals surface area contributed by atoms with Gasteiger partial charge in [0.1, 0.15) is 5.75 Å². The van der Waals surface area contributed by atoms with Gasteiger partial charge in [-0.2, -0.15) is 0 Å². The van der Waals surface area contributed by atoms with E-state index in [-0.39, 0.29) is 0 Å². The van der Waals surface area contributed by atoms with Crippen molar-refractivity contribution >= 4 is 11.8 Å². The van der Waals surface area contributed by atoms with Crippen LogP contribution in [0.25, 0.3) is 6.08 Å². The Hall–Kier alpha value is -2.26. The molecule has 126 valence electrons. The van der Waals surface area contributed by atoms with E-state index in [1.54, 1.807) is 7.11 Å². The summed E-state index contributed by atoms with van der Waals surface area (Å²) in [5, 5.41) is 0. The predicted octanol–water partition coefficient (Wildman–Crippen LogP) is 3.84. The minimum Gasteiger partial charge on any atom is -0.496 e. The van der Waals surface area contributed by atoms with E-state index in [4.69, 9.17) is 4.74 Å². The largest absolute Gasteiger partial charge is 0.496 e. The molecule has 0 amide bonds. The van der Waals surface area contributed by atoms with Gasteiger partial charge in [0.2, 0.25) is 0 Å². The smallest absolute Gasteiger partial charge is 0.126 e. The number of piperazine rings is 1. The van der Waals surface area contributed by atoms with Gasteiger partial charge in [-0.25, -0.2) is 0 Å². The number of para-hydroxylation sites is 1. The van der Waals surface area contributed by atoms with Crippen molar-refractivity contribution in [1.29, 1.82) is 0 Å². The molecule has 1 aliphatic rings. The fourth-order valence-electron chi connectivity index (χ4n) is 3.08. The van der Waals surface area contributed by atoms with Crippen molar-refractivity contribution in [2.24, 2.45) is 0 Å². The van der Waals surface area contributed by atoms with Gasteiger partial charge < -0.3 is 9.64 Å². The molecule has 1 fully saturated rings. The Labute approximate surface area is 145 Å². The van der Waals surface area contributed by atoms with E-state index in [9.17, 15) is 0 Å². The number of benzene rings is 2. The zero-order valence-corrected chi connectivity index (χ0v) is 14.6. The first-order chi connectivity index (χ1) is 11.8. The molecular weight excluding hydrogens is 296 g/mol. The number of methoxy groups -OCH3 is 1. The van der Waals surface area contributed by atoms with Gasteiger partial charge in [-0.1, -0.05) is 48.0 Å². The molecule has 1 aliphatic heterocycles. The maximum Gasteiger partial charge on any atom is 0.126 e. The third kappa shape index (κ3) is 4.18. The lowest BCUT2D eigenvalue weighted by Crippen LogP contribution is -2.46. The number of hydrogen-bond donors (Lipinski definition) is 0. The summed E-state index contributed by atoms with van der Waals surface area (Å²) < 4.78 is 5.39. The van der Waals surface area contributed by atoms with Crippen molar-refractivity contribution in [2.75, 3.05) is 44.7 Å². The first-order valence-corrected chi connectivity index (χ1v) is 8.60. The number of ether oxygens (including phenoxy) is 1. The summed E-state index contributed by atoms with van der Waals surface area (Å²) in [6.45, 7) is 7.50. The van der Waals surface area contributed by atoms with E-state index >= 15 is 0 Å². The lowest BCUT2D eigenvalue weighted by Gasteiger charge is -2.35. The van der Waals surface area contributed by atoms with Crippen molar-refractivity contribution in [1.82, 2.24) is 4.90 Å². The van der Waals surface area contributed by atoms with Crippen LogP contribution >= 0.6 is 0 Å². The molecular formula is C21H26N2O. The van der Waals surface area contributed by atoms with Gasteiger partial charge in [0.15, 0.2) is 0 Å². The first-order valence-electron chi connectivity index (χ1n) is 8.60. The Morgan fingerprint density at radius 1 is 0.958 bits per heavy atom. The molecule has 3 rings (SSSR count). The number of aryl methyl sites for hydroxylation is 1. The Morgan fingerprint density at radius 3 is 2.38 bits per heavy atom. The number of anilines is 1. The van der Waals surface area contributed by atoms with Crippen LogP contribution in [0.15, 0.2) is 54.6 Å². The number of nitrogens with zero attached hydrogens (tertiary/aromatic N) is 2. The van der Waals surface area contributed by atoms with Crippen molar-refractivity contribution in [3.05, 3.63) is 65.7 Å². The van der Waals surface area contributed by atoms with Crippen LogP contribution in [0.3, 0.4) is 0 Å². The van der Waals surface area contributed by atoms with Gasteiger partial charge in [-0.3, -0.25) is 4.90 Å². The zero-order chi connectivity index (χ0) is 16.8. The summed E-state index contributed by atoms with van der Waals surface area (Å²) in [6, 6.07) is 17.0. The summed E-state index contributed by atoms with van der Waals surface area (Å²) in [6.07, 6.45) is 4.39. The molecule has 0 N–H and O–H groups in total. The average molecular weight is 322 g/mol. The highest BCUT2D eigenvalue weighted by Crippen LogP contribution is 2.19. The summed E-state index contributed by atoms with van der Waals surface area (Å²) in [7, 11) is 1.72. The van der Waals surface area contributed by atoms with Crippen LogP contribution in [0.5, 0.6) is 5.75 Å². The normalized spacial score (nSPS) is 15.8. The average Bonchev–Trinajstić information content (AvgIpc) is 2.63. The van der Waals surface area contributed by atoms with Gasteiger partial charge in [0, 0.05) is 44.0 Å². The summed E-state index contributed by atoms with van der Waals surface area (Å²) in [4.78, 5) is 4.97. The molecule has 0 aromatic heterocycles. The molecule has 0 radical (unpaired) electrons. The molecule has 1 saturated heterocycles. The third-order valence-corrected chi connectivity index (χ3v) is 4.57. The Balaban J connectivity index is 1.50. The maximum atomic E-state index is 5.39. The minimum atomic E-state index is 0.929. The monoisotopic (exact) mass is 322 g/mol. The van der Waals surface area contributed by atoms with Crippen LogP contribution in [-0.2, 0) is 0 Å². The van der Waals surface area contributed by atoms with Gasteiger partial charge in [-0.05, 0) is 25.1 Å². The lowest BCUT2D eigenvalue weighted by molar-refractivity contribution is 0.284. The second-order valence-electron chi connectivity index (χ2n) is 6.27. The molecule has 2 aromatic rings. The molecule has 1 heterocycles. The molecule has 0 bridgehead atoms. The van der Waals surface area contributed by atoms with Crippen LogP contribution in [0.2, 0.25) is 0 Å². The SMILES string of the molecule is COc1ccccc1/C=C/CN1CCN(c2ccc(C)cc2)CC1. The minimum absolute atomic E-state index is 0.929. The fraction of sp³-hybridized carbons (Fsp3) is 0.333. The van der Waals surface area contributed by atoms with Crippen LogP contribution in [0, 0.1) is 6.92 Å². The molecule has 3 nitrogen and oxygen atoms in total. The van der Waals surface area contributed by atoms with Crippen molar-refractivity contribution in [3.8, 4) is 5.75 Å². The molecule has 0 unspecified atom stereocenters. The Morgan fingerprint density at radius 2 is 1.67 bits per heavy atom. The van der Waals surface area contributed by atoms with Crippen molar-refractivity contribution < 1.29 is 4.74 Å². The molecule has 0 aliphatic carbocycles. The third-order valence-electron chi connectivity index (χ3n) is 4.57. The lowest BCUT2D eigenvalue weighted by atomic mass is 10.2. The summed E-state index contributed by atoms with van der Waals surface area (Å²) in [5.41, 5.74) is 3.79. The fourth-order valence-corrected chi connectivity index (χ4v) is 3.08. The van der Waals surface area contributed by atoms with E-state index in [1.165, 1.54) is 11.3 Å². The molecule has 2 aromatic carbocycles. The predicted molar refractivity (Wildman–Crippen MR) is 102 cm³/mol. The van der Waals surface area contributed by atoms with Crippen LogP contribution in [0.1, 0.15) is 11.1 Å². The van der Waals surface area contributed by atoms with E-state index in [0.717, 1.165) is 44.0 Å². The molecule has 3 heteroatoms. The topological polar surface area (TPSA) is 15.7 Å². The van der Waals surface area contributed by atoms with Gasteiger partial charge in [-0.15, -0.1) is 0 Å². The molecule has 24 heavy (non-hydrogen) atoms. The highest BCUT2D eigenvalue weighted by Gasteiger charge is 2.15. The maximum absolute atomic E-state index is 5.39. The number of rotatable bonds is 5. The van der Waals surface area contributed by atoms with Gasteiger partial charge in [0.05, 0.1) is 7.11 Å². The van der Waals surface area contributed by atoms with Crippen LogP contribution < -0.4 is 9.64 Å². The molecule has 0 spiro atoms. The van der Waals surface area contributed by atoms with Crippen molar-refractivity contribution in [3.63, 3.8) is 0 Å². The van der Waals surface area contributed by atoms with E-state index in [0.29, 0.717) is 0 Å². The highest BCUT2D eigenvalue weighted by atomic mass is 16.5. The molecule has 0 atom stereocenters. The van der Waals surface area contributed by atoms with Gasteiger partial charge in [0.25, 0.3) is 0 Å².